The summed E-state index contributed by atoms with van der Waals surface area (Å²) < 4.78 is 13.5. The highest BCUT2D eigenvalue weighted by Crippen LogP contribution is 2.66. The molecule has 0 aromatic heterocycles. The van der Waals surface area contributed by atoms with E-state index in [1.807, 2.05) is 6.07 Å². The number of benzene rings is 3. The molecule has 0 N–H and O–H groups in total. The number of aryl methyl sites for hydroxylation is 1. The first-order chi connectivity index (χ1) is 19.9. The van der Waals surface area contributed by atoms with Gasteiger partial charge in [-0.05, 0) is 132 Å². The van der Waals surface area contributed by atoms with Gasteiger partial charge in [0.05, 0.1) is 7.11 Å². The van der Waals surface area contributed by atoms with Crippen molar-refractivity contribution in [2.45, 2.75) is 76.0 Å². The van der Waals surface area contributed by atoms with Crippen LogP contribution in [-0.2, 0) is 28.9 Å². The SMILES string of the molecule is COc1ccc2c(c1)CC[C@@H]1[C@@H]2CC[C@@]2(C)[C@H]1CC[C@@]21CN(Cc2ccc(I)cc2)[C@@H](Cc2ccccc2)C(=O)O1. The fourth-order valence-corrected chi connectivity index (χ4v) is 9.49. The molecule has 1 aliphatic heterocycles. The van der Waals surface area contributed by atoms with Gasteiger partial charge in [0.1, 0.15) is 17.4 Å². The Morgan fingerprint density at radius 3 is 2.56 bits per heavy atom. The second-order valence-corrected chi connectivity index (χ2v) is 14.4. The second kappa shape index (κ2) is 10.7. The van der Waals surface area contributed by atoms with E-state index in [2.05, 4.69) is 101 Å². The van der Waals surface area contributed by atoms with Gasteiger partial charge in [-0.1, -0.05) is 55.5 Å². The zero-order chi connectivity index (χ0) is 28.2. The molecule has 4 nitrogen and oxygen atoms in total. The van der Waals surface area contributed by atoms with Crippen molar-refractivity contribution in [2.24, 2.45) is 17.3 Å². The predicted molar refractivity (Wildman–Crippen MR) is 170 cm³/mol. The zero-order valence-corrected chi connectivity index (χ0v) is 26.3. The number of rotatable bonds is 5. The van der Waals surface area contributed by atoms with Gasteiger partial charge in [0.25, 0.3) is 0 Å². The number of carbonyl (C=O) groups is 1. The van der Waals surface area contributed by atoms with Crippen molar-refractivity contribution in [3.8, 4) is 5.75 Å². The minimum absolute atomic E-state index is 0.00413. The van der Waals surface area contributed by atoms with Crippen molar-refractivity contribution in [1.29, 1.82) is 0 Å². The van der Waals surface area contributed by atoms with E-state index < -0.39 is 5.60 Å². The van der Waals surface area contributed by atoms with Crippen LogP contribution in [0.3, 0.4) is 0 Å². The highest BCUT2D eigenvalue weighted by atomic mass is 127. The summed E-state index contributed by atoms with van der Waals surface area (Å²) in [6, 6.07) is 25.7. The van der Waals surface area contributed by atoms with Gasteiger partial charge in [0.2, 0.25) is 0 Å². The Morgan fingerprint density at radius 1 is 0.976 bits per heavy atom. The van der Waals surface area contributed by atoms with E-state index in [1.165, 1.54) is 38.7 Å². The molecule has 3 aromatic rings. The van der Waals surface area contributed by atoms with Crippen molar-refractivity contribution < 1.29 is 14.3 Å². The molecule has 214 valence electrons. The molecule has 41 heavy (non-hydrogen) atoms. The average molecular weight is 662 g/mol. The predicted octanol–water partition coefficient (Wildman–Crippen LogP) is 7.57. The summed E-state index contributed by atoms with van der Waals surface area (Å²) in [4.78, 5) is 16.5. The van der Waals surface area contributed by atoms with Crippen LogP contribution in [-0.4, -0.2) is 36.2 Å². The standard InChI is InChI=1S/C36H40INO3/c1-35-18-16-30-29-15-13-28(40-2)21-26(29)10-14-31(30)32(35)17-19-36(35)23-38(22-25-8-11-27(37)12-9-25)33(34(39)41-36)20-24-6-4-3-5-7-24/h3-9,11-13,15,21,30-33H,10,14,16-20,22-23H2,1-2H3/t30-,31-,32+,33+,35+,36-/m1/s1. The zero-order valence-electron chi connectivity index (χ0n) is 24.2. The van der Waals surface area contributed by atoms with Crippen molar-refractivity contribution in [3.05, 3.63) is 98.6 Å². The largest absolute Gasteiger partial charge is 0.497 e. The van der Waals surface area contributed by atoms with Gasteiger partial charge in [0.15, 0.2) is 0 Å². The highest BCUT2D eigenvalue weighted by Gasteiger charge is 2.66. The first kappa shape index (κ1) is 27.5. The Morgan fingerprint density at radius 2 is 1.78 bits per heavy atom. The van der Waals surface area contributed by atoms with Gasteiger partial charge >= 0.3 is 5.97 Å². The number of nitrogens with zero attached hydrogens (tertiary/aromatic N) is 1. The van der Waals surface area contributed by atoms with Gasteiger partial charge in [-0.25, -0.2) is 0 Å². The summed E-state index contributed by atoms with van der Waals surface area (Å²) in [6.07, 6.45) is 7.42. The van der Waals surface area contributed by atoms with E-state index >= 15 is 0 Å². The van der Waals surface area contributed by atoms with Crippen LogP contribution in [0.15, 0.2) is 72.8 Å². The normalized spacial score (nSPS) is 32.6. The number of carbonyl (C=O) groups excluding carboxylic acids is 1. The second-order valence-electron chi connectivity index (χ2n) is 13.1. The maximum absolute atomic E-state index is 14.1. The Labute approximate surface area is 258 Å². The van der Waals surface area contributed by atoms with Crippen molar-refractivity contribution in [3.63, 3.8) is 0 Å². The number of methoxy groups -OCH3 is 1. The lowest BCUT2D eigenvalue weighted by atomic mass is 9.53. The molecule has 0 bridgehead atoms. The fourth-order valence-electron chi connectivity index (χ4n) is 9.13. The maximum atomic E-state index is 14.1. The van der Waals surface area contributed by atoms with E-state index in [-0.39, 0.29) is 17.4 Å². The number of halogens is 1. The summed E-state index contributed by atoms with van der Waals surface area (Å²) >= 11 is 2.36. The van der Waals surface area contributed by atoms with Crippen LogP contribution in [0.4, 0.5) is 0 Å². The molecular formula is C36H40INO3. The third kappa shape index (κ3) is 4.71. The molecule has 3 aliphatic carbocycles. The average Bonchev–Trinajstić information content (AvgIpc) is 3.27. The smallest absolute Gasteiger partial charge is 0.324 e. The molecule has 1 saturated heterocycles. The Bertz CT molecular complexity index is 1420. The van der Waals surface area contributed by atoms with E-state index in [0.29, 0.717) is 24.2 Å². The van der Waals surface area contributed by atoms with Crippen molar-refractivity contribution >= 4 is 28.6 Å². The molecule has 0 amide bonds. The summed E-state index contributed by atoms with van der Waals surface area (Å²) in [7, 11) is 1.76. The quantitative estimate of drug-likeness (QED) is 0.209. The molecule has 1 spiro atoms. The van der Waals surface area contributed by atoms with E-state index in [9.17, 15) is 4.79 Å². The van der Waals surface area contributed by atoms with E-state index in [0.717, 1.165) is 44.5 Å². The lowest BCUT2D eigenvalue weighted by Crippen LogP contribution is -2.65. The van der Waals surface area contributed by atoms with Gasteiger partial charge < -0.3 is 9.47 Å². The monoisotopic (exact) mass is 661 g/mol. The first-order valence-electron chi connectivity index (χ1n) is 15.3. The number of fused-ring (bicyclic) bond motifs is 6. The highest BCUT2D eigenvalue weighted by molar-refractivity contribution is 14.1. The molecule has 0 unspecified atom stereocenters. The summed E-state index contributed by atoms with van der Waals surface area (Å²) in [5.74, 6) is 2.77. The number of hydrogen-bond donors (Lipinski definition) is 0. The molecule has 3 fully saturated rings. The number of esters is 1. The molecule has 2 saturated carbocycles. The summed E-state index contributed by atoms with van der Waals surface area (Å²) in [5, 5.41) is 0. The van der Waals surface area contributed by atoms with Crippen LogP contribution in [0.5, 0.6) is 5.75 Å². The molecule has 0 radical (unpaired) electrons. The van der Waals surface area contributed by atoms with Crippen LogP contribution < -0.4 is 4.74 Å². The third-order valence-electron chi connectivity index (χ3n) is 11.3. The summed E-state index contributed by atoms with van der Waals surface area (Å²) in [5.41, 5.74) is 5.03. The molecule has 1 heterocycles. The Balaban J connectivity index is 1.19. The van der Waals surface area contributed by atoms with Crippen LogP contribution >= 0.6 is 22.6 Å². The number of hydrogen-bond acceptors (Lipinski definition) is 4. The first-order valence-corrected chi connectivity index (χ1v) is 16.4. The molecule has 6 atom stereocenters. The third-order valence-corrected chi connectivity index (χ3v) is 12.0. The maximum Gasteiger partial charge on any atom is 0.324 e. The van der Waals surface area contributed by atoms with Crippen molar-refractivity contribution in [1.82, 2.24) is 4.90 Å². The van der Waals surface area contributed by atoms with E-state index in [4.69, 9.17) is 9.47 Å². The van der Waals surface area contributed by atoms with Crippen LogP contribution in [0.2, 0.25) is 0 Å². The fraction of sp³-hybridized carbons (Fsp3) is 0.472. The topological polar surface area (TPSA) is 38.8 Å². The Kier molecular flexibility index (Phi) is 7.17. The van der Waals surface area contributed by atoms with Crippen LogP contribution in [0.25, 0.3) is 0 Å². The van der Waals surface area contributed by atoms with Gasteiger partial charge in [-0.3, -0.25) is 9.69 Å². The summed E-state index contributed by atoms with van der Waals surface area (Å²) in [6.45, 7) is 4.06. The minimum Gasteiger partial charge on any atom is -0.497 e. The minimum atomic E-state index is -0.420. The van der Waals surface area contributed by atoms with Crippen molar-refractivity contribution in [2.75, 3.05) is 13.7 Å². The van der Waals surface area contributed by atoms with Gasteiger partial charge in [0, 0.05) is 22.1 Å². The molecule has 5 heteroatoms. The van der Waals surface area contributed by atoms with Gasteiger partial charge in [-0.2, -0.15) is 0 Å². The molecular weight excluding hydrogens is 621 g/mol. The van der Waals surface area contributed by atoms with E-state index in [1.54, 1.807) is 7.11 Å². The van der Waals surface area contributed by atoms with Crippen LogP contribution in [0.1, 0.15) is 67.2 Å². The number of morpholine rings is 1. The Hall–Kier alpha value is -2.38. The molecule has 7 rings (SSSR count). The molecule has 4 aliphatic rings. The lowest BCUT2D eigenvalue weighted by Gasteiger charge is -2.57. The lowest BCUT2D eigenvalue weighted by molar-refractivity contribution is -0.209. The molecule has 3 aromatic carbocycles. The number of ether oxygens (including phenoxy) is 2. The van der Waals surface area contributed by atoms with Gasteiger partial charge in [-0.15, -0.1) is 0 Å². The van der Waals surface area contributed by atoms with Crippen LogP contribution in [0, 0.1) is 20.8 Å².